The molecule has 44 heavy (non-hydrogen) atoms. The lowest BCUT2D eigenvalue weighted by Crippen LogP contribution is -2.38. The fraction of sp³-hybridized carbons (Fsp3) is 0.281. The van der Waals surface area contributed by atoms with Crippen LogP contribution in [0.1, 0.15) is 59.1 Å². The number of nitrogens with one attached hydrogen (secondary N) is 1. The first-order valence-electron chi connectivity index (χ1n) is 13.5. The minimum Gasteiger partial charge on any atom is -0.325 e. The number of carbonyl (C=O) groups is 2. The van der Waals surface area contributed by atoms with Crippen molar-refractivity contribution in [1.82, 2.24) is 14.7 Å². The maximum atomic E-state index is 13.6. The molecule has 4 rings (SSSR count). The molecule has 0 fully saturated rings. The van der Waals surface area contributed by atoms with E-state index in [9.17, 15) is 35.9 Å². The van der Waals surface area contributed by atoms with Crippen LogP contribution >= 0.6 is 0 Å². The first kappa shape index (κ1) is 32.3. The van der Waals surface area contributed by atoms with Crippen LogP contribution in [-0.4, -0.2) is 33.0 Å². The first-order chi connectivity index (χ1) is 20.4. The number of alkyl halides is 6. The third-order valence-electron chi connectivity index (χ3n) is 6.66. The SMILES string of the molecule is Cc1cccc(-n2nc(C(C)(C)C)cc2NC(=O)CN(Cc2ccccc2)C(=O)c2cc(C(F)(F)F)cc(C(F)(F)F)c2)c1. The van der Waals surface area contributed by atoms with Crippen LogP contribution < -0.4 is 5.32 Å². The van der Waals surface area contributed by atoms with Gasteiger partial charge in [-0.25, -0.2) is 4.68 Å². The van der Waals surface area contributed by atoms with Gasteiger partial charge in [0.2, 0.25) is 5.91 Å². The minimum atomic E-state index is -5.14. The molecule has 1 aromatic heterocycles. The van der Waals surface area contributed by atoms with E-state index in [1.807, 2.05) is 45.9 Å². The molecule has 0 aliphatic heterocycles. The molecule has 3 aromatic carbocycles. The highest BCUT2D eigenvalue weighted by Crippen LogP contribution is 2.36. The highest BCUT2D eigenvalue weighted by Gasteiger charge is 2.38. The van der Waals surface area contributed by atoms with E-state index in [4.69, 9.17) is 0 Å². The van der Waals surface area contributed by atoms with Crippen molar-refractivity contribution >= 4 is 17.6 Å². The van der Waals surface area contributed by atoms with Crippen LogP contribution in [0.5, 0.6) is 0 Å². The molecule has 4 aromatic rings. The zero-order chi connectivity index (χ0) is 32.4. The zero-order valence-electron chi connectivity index (χ0n) is 24.3. The second-order valence-corrected chi connectivity index (χ2v) is 11.4. The predicted octanol–water partition coefficient (Wildman–Crippen LogP) is 7.80. The maximum absolute atomic E-state index is 13.6. The minimum absolute atomic E-state index is 0.0513. The summed E-state index contributed by atoms with van der Waals surface area (Å²) in [6, 6.07) is 17.9. The van der Waals surface area contributed by atoms with Gasteiger partial charge in [0.1, 0.15) is 12.4 Å². The van der Waals surface area contributed by atoms with Crippen LogP contribution in [0, 0.1) is 6.92 Å². The topological polar surface area (TPSA) is 67.2 Å². The molecule has 6 nitrogen and oxygen atoms in total. The van der Waals surface area contributed by atoms with E-state index in [0.29, 0.717) is 29.1 Å². The largest absolute Gasteiger partial charge is 0.416 e. The molecule has 1 heterocycles. The number of rotatable bonds is 7. The molecule has 0 spiro atoms. The molecular formula is C32H30F6N4O2. The van der Waals surface area contributed by atoms with E-state index < -0.39 is 52.8 Å². The number of nitrogens with zero attached hydrogens (tertiary/aromatic N) is 3. The van der Waals surface area contributed by atoms with Gasteiger partial charge in [0.05, 0.1) is 22.5 Å². The highest BCUT2D eigenvalue weighted by molar-refractivity contribution is 5.99. The summed E-state index contributed by atoms with van der Waals surface area (Å²) in [4.78, 5) is 27.9. The number of aromatic nitrogens is 2. The molecule has 232 valence electrons. The Morgan fingerprint density at radius 1 is 0.818 bits per heavy atom. The second-order valence-electron chi connectivity index (χ2n) is 11.4. The van der Waals surface area contributed by atoms with Gasteiger partial charge in [-0.15, -0.1) is 0 Å². The van der Waals surface area contributed by atoms with Gasteiger partial charge >= 0.3 is 12.4 Å². The molecule has 0 radical (unpaired) electrons. The standard InChI is InChI=1S/C32H30F6N4O2/c1-20-9-8-12-25(13-20)42-27(17-26(40-42)30(2,3)4)39-28(43)19-41(18-21-10-6-5-7-11-21)29(44)22-14-23(31(33,34)35)16-24(15-22)32(36,37)38/h5-17H,18-19H2,1-4H3,(H,39,43). The Bertz CT molecular complexity index is 1620. The third-order valence-corrected chi connectivity index (χ3v) is 6.66. The summed E-state index contributed by atoms with van der Waals surface area (Å²) in [6.45, 7) is 6.77. The normalized spacial score (nSPS) is 12.2. The number of benzene rings is 3. The number of hydrogen-bond acceptors (Lipinski definition) is 3. The third kappa shape index (κ3) is 7.86. The molecule has 0 bridgehead atoms. The van der Waals surface area contributed by atoms with Gasteiger partial charge in [-0.3, -0.25) is 9.59 Å². The van der Waals surface area contributed by atoms with Crippen LogP contribution in [0.3, 0.4) is 0 Å². The van der Waals surface area contributed by atoms with Crippen molar-refractivity contribution in [3.05, 3.63) is 112 Å². The summed E-state index contributed by atoms with van der Waals surface area (Å²) in [5, 5.41) is 7.37. The second kappa shape index (κ2) is 12.2. The fourth-order valence-electron chi connectivity index (χ4n) is 4.41. The number of carbonyl (C=O) groups excluding carboxylic acids is 2. The number of hydrogen-bond donors (Lipinski definition) is 1. The van der Waals surface area contributed by atoms with E-state index >= 15 is 0 Å². The maximum Gasteiger partial charge on any atom is 0.416 e. The number of amides is 2. The summed E-state index contributed by atoms with van der Waals surface area (Å²) in [5.41, 5.74) is -1.76. The van der Waals surface area contributed by atoms with E-state index in [-0.39, 0.29) is 18.4 Å². The number of anilines is 1. The summed E-state index contributed by atoms with van der Waals surface area (Å²) in [6.07, 6.45) is -10.3. The Morgan fingerprint density at radius 2 is 1.43 bits per heavy atom. The summed E-state index contributed by atoms with van der Waals surface area (Å²) in [5.74, 6) is -1.63. The fourth-order valence-corrected chi connectivity index (χ4v) is 4.41. The monoisotopic (exact) mass is 616 g/mol. The lowest BCUT2D eigenvalue weighted by atomic mass is 9.92. The molecular weight excluding hydrogens is 586 g/mol. The lowest BCUT2D eigenvalue weighted by Gasteiger charge is -2.24. The average molecular weight is 617 g/mol. The molecule has 0 aliphatic carbocycles. The smallest absolute Gasteiger partial charge is 0.325 e. The zero-order valence-corrected chi connectivity index (χ0v) is 24.3. The first-order valence-corrected chi connectivity index (χ1v) is 13.5. The van der Waals surface area contributed by atoms with Gasteiger partial charge in [0.25, 0.3) is 5.91 Å². The van der Waals surface area contributed by atoms with Crippen molar-refractivity contribution in [2.45, 2.75) is 52.0 Å². The molecule has 1 N–H and O–H groups in total. The molecule has 0 aliphatic rings. The molecule has 0 saturated carbocycles. The van der Waals surface area contributed by atoms with Crippen LogP contribution in [-0.2, 0) is 29.1 Å². The van der Waals surface area contributed by atoms with Crippen LogP contribution in [0.4, 0.5) is 32.2 Å². The summed E-state index contributed by atoms with van der Waals surface area (Å²) >= 11 is 0. The summed E-state index contributed by atoms with van der Waals surface area (Å²) in [7, 11) is 0. The van der Waals surface area contributed by atoms with Crippen molar-refractivity contribution in [3.63, 3.8) is 0 Å². The van der Waals surface area contributed by atoms with Crippen molar-refractivity contribution in [3.8, 4) is 5.69 Å². The van der Waals surface area contributed by atoms with Gasteiger partial charge in [-0.2, -0.15) is 31.4 Å². The van der Waals surface area contributed by atoms with E-state index in [0.717, 1.165) is 10.5 Å². The van der Waals surface area contributed by atoms with Crippen molar-refractivity contribution in [2.24, 2.45) is 0 Å². The van der Waals surface area contributed by atoms with Gasteiger partial charge in [-0.1, -0.05) is 63.2 Å². The van der Waals surface area contributed by atoms with E-state index in [1.54, 1.807) is 42.5 Å². The molecule has 2 amide bonds. The Hall–Kier alpha value is -4.61. The average Bonchev–Trinajstić information content (AvgIpc) is 3.36. The van der Waals surface area contributed by atoms with Crippen LogP contribution in [0.25, 0.3) is 5.69 Å². The van der Waals surface area contributed by atoms with Crippen molar-refractivity contribution < 1.29 is 35.9 Å². The van der Waals surface area contributed by atoms with E-state index in [1.165, 1.54) is 4.68 Å². The van der Waals surface area contributed by atoms with Crippen molar-refractivity contribution in [2.75, 3.05) is 11.9 Å². The highest BCUT2D eigenvalue weighted by atomic mass is 19.4. The van der Waals surface area contributed by atoms with Crippen LogP contribution in [0.2, 0.25) is 0 Å². The predicted molar refractivity (Wildman–Crippen MR) is 153 cm³/mol. The van der Waals surface area contributed by atoms with Gasteiger partial charge in [0, 0.05) is 23.6 Å². The Balaban J connectivity index is 1.71. The Kier molecular flexibility index (Phi) is 8.94. The number of aryl methyl sites for hydroxylation is 1. The van der Waals surface area contributed by atoms with E-state index in [2.05, 4.69) is 10.4 Å². The van der Waals surface area contributed by atoms with Gasteiger partial charge in [-0.05, 0) is 48.4 Å². The molecule has 12 heteroatoms. The summed E-state index contributed by atoms with van der Waals surface area (Å²) < 4.78 is 82.7. The molecule has 0 saturated heterocycles. The van der Waals surface area contributed by atoms with Gasteiger partial charge < -0.3 is 10.2 Å². The van der Waals surface area contributed by atoms with Crippen molar-refractivity contribution in [1.29, 1.82) is 0 Å². The Morgan fingerprint density at radius 3 is 1.98 bits per heavy atom. The lowest BCUT2D eigenvalue weighted by molar-refractivity contribution is -0.143. The Labute approximate surface area is 250 Å². The van der Waals surface area contributed by atoms with Gasteiger partial charge in [0.15, 0.2) is 0 Å². The van der Waals surface area contributed by atoms with Crippen LogP contribution in [0.15, 0.2) is 78.9 Å². The quantitative estimate of drug-likeness (QED) is 0.216. The molecule has 0 atom stereocenters. The number of halogens is 6. The molecule has 0 unspecified atom stereocenters.